The molecular formula is C20H22FN5. The maximum Gasteiger partial charge on any atom is 0.146 e. The van der Waals surface area contributed by atoms with Crippen LogP contribution in [0.25, 0.3) is 10.9 Å². The summed E-state index contributed by atoms with van der Waals surface area (Å²) in [5.41, 5.74) is 1.25. The van der Waals surface area contributed by atoms with Crippen LogP contribution in [0.1, 0.15) is 12.8 Å². The molecular weight excluding hydrogens is 329 g/mol. The molecule has 26 heavy (non-hydrogen) atoms. The topological polar surface area (TPSA) is 53.1 Å². The molecule has 0 unspecified atom stereocenters. The maximum atomic E-state index is 13.8. The second-order valence-electron chi connectivity index (χ2n) is 6.63. The molecule has 0 aliphatic carbocycles. The largest absolute Gasteiger partial charge is 0.357 e. The van der Waals surface area contributed by atoms with Crippen molar-refractivity contribution in [3.05, 3.63) is 54.5 Å². The molecule has 6 heteroatoms. The summed E-state index contributed by atoms with van der Waals surface area (Å²) < 4.78 is 13.8. The predicted octanol–water partition coefficient (Wildman–Crippen LogP) is 3.70. The molecule has 1 aliphatic heterocycles. The van der Waals surface area contributed by atoms with Gasteiger partial charge in [-0.05, 0) is 50.2 Å². The van der Waals surface area contributed by atoms with Crippen LogP contribution in [0.5, 0.6) is 0 Å². The molecule has 0 bridgehead atoms. The zero-order valence-electron chi connectivity index (χ0n) is 14.7. The first kappa shape index (κ1) is 16.7. The molecule has 1 fully saturated rings. The van der Waals surface area contributed by atoms with Crippen molar-refractivity contribution in [3.8, 4) is 0 Å². The van der Waals surface area contributed by atoms with Crippen LogP contribution in [0.4, 0.5) is 21.7 Å². The quantitative estimate of drug-likeness (QED) is 0.751. The van der Waals surface area contributed by atoms with E-state index in [1.54, 1.807) is 24.4 Å². The van der Waals surface area contributed by atoms with Gasteiger partial charge in [-0.25, -0.2) is 14.4 Å². The molecule has 1 saturated heterocycles. The summed E-state index contributed by atoms with van der Waals surface area (Å²) in [7, 11) is 2.10. The Balaban J connectivity index is 1.61. The first-order chi connectivity index (χ1) is 12.7. The van der Waals surface area contributed by atoms with E-state index in [4.69, 9.17) is 4.98 Å². The van der Waals surface area contributed by atoms with E-state index >= 15 is 0 Å². The first-order valence-electron chi connectivity index (χ1n) is 8.92. The Labute approximate surface area is 152 Å². The van der Waals surface area contributed by atoms with Gasteiger partial charge in [0, 0.05) is 30.7 Å². The van der Waals surface area contributed by atoms with Crippen molar-refractivity contribution in [2.75, 3.05) is 30.4 Å². The lowest BCUT2D eigenvalue weighted by Gasteiger charge is -2.32. The number of halogens is 1. The second kappa shape index (κ2) is 7.25. The molecule has 134 valence electrons. The van der Waals surface area contributed by atoms with Gasteiger partial charge >= 0.3 is 0 Å². The SMILES string of the molecule is CN(c1ccc2cnc(Nc3ccccc3F)cc2n1)C1CCNCC1. The molecule has 3 heterocycles. The number of aromatic nitrogens is 2. The fourth-order valence-corrected chi connectivity index (χ4v) is 3.35. The van der Waals surface area contributed by atoms with Gasteiger partial charge in [0.2, 0.25) is 0 Å². The first-order valence-corrected chi connectivity index (χ1v) is 8.92. The third kappa shape index (κ3) is 3.46. The van der Waals surface area contributed by atoms with Gasteiger partial charge in [0.15, 0.2) is 0 Å². The van der Waals surface area contributed by atoms with Crippen molar-refractivity contribution < 1.29 is 4.39 Å². The van der Waals surface area contributed by atoms with Gasteiger partial charge in [-0.1, -0.05) is 12.1 Å². The number of para-hydroxylation sites is 1. The average molecular weight is 351 g/mol. The highest BCUT2D eigenvalue weighted by Gasteiger charge is 2.19. The summed E-state index contributed by atoms with van der Waals surface area (Å²) in [5.74, 6) is 1.23. The second-order valence-corrected chi connectivity index (χ2v) is 6.63. The van der Waals surface area contributed by atoms with E-state index in [1.807, 2.05) is 18.2 Å². The minimum atomic E-state index is -0.304. The Bertz CT molecular complexity index is 908. The molecule has 4 rings (SSSR count). The van der Waals surface area contributed by atoms with Crippen LogP contribution in [0, 0.1) is 5.82 Å². The van der Waals surface area contributed by atoms with Crippen LogP contribution in [0.15, 0.2) is 48.7 Å². The molecule has 0 atom stereocenters. The zero-order valence-corrected chi connectivity index (χ0v) is 14.7. The molecule has 0 amide bonds. The lowest BCUT2D eigenvalue weighted by Crippen LogP contribution is -2.41. The molecule has 2 N–H and O–H groups in total. The highest BCUT2D eigenvalue weighted by Crippen LogP contribution is 2.24. The number of rotatable bonds is 4. The van der Waals surface area contributed by atoms with Crippen molar-refractivity contribution in [2.45, 2.75) is 18.9 Å². The fraction of sp³-hybridized carbons (Fsp3) is 0.300. The van der Waals surface area contributed by atoms with E-state index in [0.717, 1.165) is 42.7 Å². The number of hydrogen-bond donors (Lipinski definition) is 2. The van der Waals surface area contributed by atoms with Gasteiger partial charge in [-0.3, -0.25) is 0 Å². The average Bonchev–Trinajstić information content (AvgIpc) is 2.69. The Morgan fingerprint density at radius 1 is 1.15 bits per heavy atom. The molecule has 0 saturated carbocycles. The molecule has 1 aliphatic rings. The van der Waals surface area contributed by atoms with Gasteiger partial charge in [0.1, 0.15) is 17.5 Å². The highest BCUT2D eigenvalue weighted by atomic mass is 19.1. The van der Waals surface area contributed by atoms with Crippen LogP contribution < -0.4 is 15.5 Å². The lowest BCUT2D eigenvalue weighted by atomic mass is 10.1. The van der Waals surface area contributed by atoms with E-state index in [0.29, 0.717) is 17.5 Å². The van der Waals surface area contributed by atoms with Crippen molar-refractivity contribution in [1.82, 2.24) is 15.3 Å². The highest BCUT2D eigenvalue weighted by molar-refractivity contribution is 5.82. The van der Waals surface area contributed by atoms with Gasteiger partial charge in [0.05, 0.1) is 11.2 Å². The standard InChI is InChI=1S/C20H22FN5/c1-26(15-8-10-22-11-9-15)20-7-6-14-13-23-19(12-18(14)25-20)24-17-5-3-2-4-16(17)21/h2-7,12-13,15,22H,8-11H2,1H3,(H,23,24). The number of piperidine rings is 1. The summed E-state index contributed by atoms with van der Waals surface area (Å²) in [4.78, 5) is 11.4. The smallest absolute Gasteiger partial charge is 0.146 e. The van der Waals surface area contributed by atoms with Gasteiger partial charge in [-0.15, -0.1) is 0 Å². The number of fused-ring (bicyclic) bond motifs is 1. The van der Waals surface area contributed by atoms with Crippen LogP contribution in [0.3, 0.4) is 0 Å². The Morgan fingerprint density at radius 3 is 2.77 bits per heavy atom. The van der Waals surface area contributed by atoms with Crippen molar-refractivity contribution in [1.29, 1.82) is 0 Å². The minimum Gasteiger partial charge on any atom is -0.357 e. The molecule has 0 spiro atoms. The van der Waals surface area contributed by atoms with Gasteiger partial charge in [0.25, 0.3) is 0 Å². The van der Waals surface area contributed by atoms with E-state index in [9.17, 15) is 4.39 Å². The summed E-state index contributed by atoms with van der Waals surface area (Å²) in [6, 6.07) is 13.0. The number of hydrogen-bond acceptors (Lipinski definition) is 5. The summed E-state index contributed by atoms with van der Waals surface area (Å²) in [6.45, 7) is 2.09. The molecule has 0 radical (unpaired) electrons. The molecule has 1 aromatic carbocycles. The van der Waals surface area contributed by atoms with Crippen molar-refractivity contribution in [2.24, 2.45) is 0 Å². The molecule has 3 aromatic rings. The third-order valence-corrected chi connectivity index (χ3v) is 4.91. The Morgan fingerprint density at radius 2 is 1.96 bits per heavy atom. The van der Waals surface area contributed by atoms with Gasteiger partial charge < -0.3 is 15.5 Å². The fourth-order valence-electron chi connectivity index (χ4n) is 3.35. The Hall–Kier alpha value is -2.73. The van der Waals surface area contributed by atoms with Crippen LogP contribution >= 0.6 is 0 Å². The third-order valence-electron chi connectivity index (χ3n) is 4.91. The van der Waals surface area contributed by atoms with E-state index in [1.165, 1.54) is 6.07 Å². The maximum absolute atomic E-state index is 13.8. The monoisotopic (exact) mass is 351 g/mol. The predicted molar refractivity (Wildman–Crippen MR) is 104 cm³/mol. The summed E-state index contributed by atoms with van der Waals surface area (Å²) in [5, 5.41) is 7.38. The normalized spacial score (nSPS) is 15.2. The van der Waals surface area contributed by atoms with E-state index < -0.39 is 0 Å². The lowest BCUT2D eigenvalue weighted by molar-refractivity contribution is 0.442. The number of anilines is 3. The molecule has 2 aromatic heterocycles. The number of nitrogens with zero attached hydrogens (tertiary/aromatic N) is 3. The van der Waals surface area contributed by atoms with Gasteiger partial charge in [-0.2, -0.15) is 0 Å². The van der Waals surface area contributed by atoms with Crippen LogP contribution in [-0.4, -0.2) is 36.1 Å². The van der Waals surface area contributed by atoms with Crippen molar-refractivity contribution in [3.63, 3.8) is 0 Å². The number of nitrogens with one attached hydrogen (secondary N) is 2. The summed E-state index contributed by atoms with van der Waals surface area (Å²) >= 11 is 0. The number of pyridine rings is 2. The number of benzene rings is 1. The van der Waals surface area contributed by atoms with Crippen LogP contribution in [0.2, 0.25) is 0 Å². The van der Waals surface area contributed by atoms with E-state index in [-0.39, 0.29) is 5.82 Å². The molecule has 5 nitrogen and oxygen atoms in total. The Kier molecular flexibility index (Phi) is 4.67. The summed E-state index contributed by atoms with van der Waals surface area (Å²) in [6.07, 6.45) is 4.00. The zero-order chi connectivity index (χ0) is 17.9. The van der Waals surface area contributed by atoms with Crippen LogP contribution in [-0.2, 0) is 0 Å². The minimum absolute atomic E-state index is 0.304. The van der Waals surface area contributed by atoms with E-state index in [2.05, 4.69) is 27.6 Å². The van der Waals surface area contributed by atoms with Crippen molar-refractivity contribution >= 4 is 28.2 Å².